The van der Waals surface area contributed by atoms with Crippen molar-refractivity contribution in [1.82, 2.24) is 5.32 Å². The normalized spacial score (nSPS) is 20.0. The zero-order chi connectivity index (χ0) is 52.9. The fraction of sp³-hybridized carbons (Fsp3) is 0.672. The predicted octanol–water partition coefficient (Wildman–Crippen LogP) is 14.7. The number of hydrogen-bond donors (Lipinski definition) is 6. The number of ether oxygens (including phenoxy) is 2. The molecule has 0 saturated carbocycles. The molecule has 1 aliphatic rings. The number of carbonyl (C=O) groups excluding carboxylic acids is 1. The van der Waals surface area contributed by atoms with Gasteiger partial charge in [0.1, 0.15) is 24.4 Å². The first-order chi connectivity index (χ1) is 35.8. The number of carbonyl (C=O) groups is 1. The van der Waals surface area contributed by atoms with E-state index < -0.39 is 49.5 Å². The molecule has 9 nitrogen and oxygen atoms in total. The maximum Gasteiger partial charge on any atom is 0.220 e. The number of hydrogen-bond acceptors (Lipinski definition) is 8. The number of aliphatic hydroxyl groups is 5. The molecule has 0 aromatic rings. The van der Waals surface area contributed by atoms with E-state index in [9.17, 15) is 30.3 Å². The Hall–Kier alpha value is -3.41. The summed E-state index contributed by atoms with van der Waals surface area (Å²) in [7, 11) is 0. The number of allylic oxidation sites excluding steroid dienone is 19. The van der Waals surface area contributed by atoms with Gasteiger partial charge < -0.3 is 40.3 Å². The second kappa shape index (κ2) is 52.0. The molecule has 0 aromatic heterocycles. The summed E-state index contributed by atoms with van der Waals surface area (Å²) in [6, 6.07) is -0.856. The fourth-order valence-electron chi connectivity index (χ4n) is 8.42. The van der Waals surface area contributed by atoms with Gasteiger partial charge in [-0.05, 0) is 96.3 Å². The van der Waals surface area contributed by atoms with Crippen molar-refractivity contribution in [2.24, 2.45) is 0 Å². The Bertz CT molecular complexity index is 1560. The first kappa shape index (κ1) is 67.6. The Kier molecular flexibility index (Phi) is 48.2. The van der Waals surface area contributed by atoms with Crippen LogP contribution in [0.4, 0.5) is 0 Å². The van der Waals surface area contributed by atoms with Crippen LogP contribution in [0.25, 0.3) is 0 Å². The molecule has 1 aliphatic heterocycles. The summed E-state index contributed by atoms with van der Waals surface area (Å²) < 4.78 is 11.2. The Labute approximate surface area is 446 Å². The topological polar surface area (TPSA) is 149 Å². The van der Waals surface area contributed by atoms with Crippen molar-refractivity contribution >= 4 is 5.91 Å². The Morgan fingerprint density at radius 3 is 1.32 bits per heavy atom. The minimum absolute atomic E-state index is 0.227. The summed E-state index contributed by atoms with van der Waals surface area (Å²) in [5, 5.41) is 54.5. The molecule has 0 bridgehead atoms. The van der Waals surface area contributed by atoms with E-state index in [0.29, 0.717) is 6.42 Å². The second-order valence-corrected chi connectivity index (χ2v) is 19.7. The molecule has 1 rings (SSSR count). The SMILES string of the molecule is CC/C=C\C/C=C\C/C=C\C/C=C\C/C=C\C/C=C\C/C=C\C/C=C\CCCCC(=O)NC(COC1OC(CO)C(O)C(O)C1O)C(O)/C=C/CC/C=C/CCCCCCCCCCCCCCCCCCC. The van der Waals surface area contributed by atoms with Crippen LogP contribution in [0.2, 0.25) is 0 Å². The van der Waals surface area contributed by atoms with Crippen molar-refractivity contribution in [2.75, 3.05) is 13.2 Å². The van der Waals surface area contributed by atoms with Gasteiger partial charge in [-0.2, -0.15) is 0 Å². The highest BCUT2D eigenvalue weighted by atomic mass is 16.7. The van der Waals surface area contributed by atoms with Crippen molar-refractivity contribution in [3.63, 3.8) is 0 Å². The molecule has 0 spiro atoms. The summed E-state index contributed by atoms with van der Waals surface area (Å²) in [5.74, 6) is -0.233. The maximum absolute atomic E-state index is 13.0. The molecule has 416 valence electrons. The third-order valence-electron chi connectivity index (χ3n) is 13.0. The fourth-order valence-corrected chi connectivity index (χ4v) is 8.42. The van der Waals surface area contributed by atoms with Crippen LogP contribution in [0.15, 0.2) is 122 Å². The van der Waals surface area contributed by atoms with Crippen LogP contribution in [0.5, 0.6) is 0 Å². The van der Waals surface area contributed by atoms with Crippen molar-refractivity contribution < 1.29 is 39.8 Å². The molecule has 9 heteroatoms. The molecule has 6 N–H and O–H groups in total. The van der Waals surface area contributed by atoms with E-state index in [-0.39, 0.29) is 18.9 Å². The van der Waals surface area contributed by atoms with E-state index in [1.54, 1.807) is 6.08 Å². The molecule has 1 heterocycles. The minimum atomic E-state index is -1.59. The van der Waals surface area contributed by atoms with Crippen LogP contribution in [0.1, 0.15) is 219 Å². The Balaban J connectivity index is 2.32. The molecular formula is C64H107NO8. The van der Waals surface area contributed by atoms with Gasteiger partial charge in [-0.1, -0.05) is 238 Å². The van der Waals surface area contributed by atoms with Gasteiger partial charge in [0, 0.05) is 6.42 Å². The average Bonchev–Trinajstić information content (AvgIpc) is 3.39. The monoisotopic (exact) mass is 1020 g/mol. The standard InChI is InChI=1S/C64H107NO8/c1-3-5-7-9-11-13-15-17-19-21-23-25-27-28-29-30-32-34-36-38-40-42-44-46-48-50-52-54-60(68)65-57(56-72-64-63(71)62(70)61(69)59(55-66)73-64)58(67)53-51-49-47-45-43-41-39-37-35-33-31-26-24-22-20-18-16-14-12-10-8-6-4-2/h5,7,11,13,17,19,23,25,28-29,32,34,38,40,43-46,51,53,57-59,61-64,66-67,69-71H,3-4,6,8-10,12,14-16,18,20-22,24,26-27,30-31,33,35-37,39,41-42,47-50,52,54-56H2,1-2H3,(H,65,68)/b7-5-,13-11-,19-17-,25-23-,29-28-,34-32-,40-38-,45-43+,46-44-,53-51+. The average molecular weight is 1020 g/mol. The number of aliphatic hydroxyl groups excluding tert-OH is 5. The van der Waals surface area contributed by atoms with Crippen LogP contribution >= 0.6 is 0 Å². The Morgan fingerprint density at radius 2 is 0.863 bits per heavy atom. The molecule has 1 saturated heterocycles. The van der Waals surface area contributed by atoms with Gasteiger partial charge in [-0.25, -0.2) is 0 Å². The van der Waals surface area contributed by atoms with Gasteiger partial charge in [0.15, 0.2) is 6.29 Å². The lowest BCUT2D eigenvalue weighted by molar-refractivity contribution is -0.302. The molecule has 1 amide bonds. The van der Waals surface area contributed by atoms with Gasteiger partial charge in [0.2, 0.25) is 5.91 Å². The van der Waals surface area contributed by atoms with E-state index in [2.05, 4.69) is 129 Å². The summed E-state index contributed by atoms with van der Waals surface area (Å²) in [6.07, 6.45) is 71.2. The van der Waals surface area contributed by atoms with Gasteiger partial charge in [0.25, 0.3) is 0 Å². The van der Waals surface area contributed by atoms with E-state index in [1.165, 1.54) is 109 Å². The number of nitrogens with one attached hydrogen (secondary N) is 1. The zero-order valence-electron chi connectivity index (χ0n) is 46.1. The molecule has 0 aliphatic carbocycles. The summed E-state index contributed by atoms with van der Waals surface area (Å²) >= 11 is 0. The molecule has 0 aromatic carbocycles. The Morgan fingerprint density at radius 1 is 0.479 bits per heavy atom. The van der Waals surface area contributed by atoms with Gasteiger partial charge in [-0.15, -0.1) is 0 Å². The molecule has 7 atom stereocenters. The van der Waals surface area contributed by atoms with Crippen LogP contribution in [-0.4, -0.2) is 87.5 Å². The highest BCUT2D eigenvalue weighted by molar-refractivity contribution is 5.76. The molecule has 73 heavy (non-hydrogen) atoms. The quantitative estimate of drug-likeness (QED) is 0.0261. The second-order valence-electron chi connectivity index (χ2n) is 19.7. The van der Waals surface area contributed by atoms with Crippen molar-refractivity contribution in [3.8, 4) is 0 Å². The third-order valence-corrected chi connectivity index (χ3v) is 13.0. The summed E-state index contributed by atoms with van der Waals surface area (Å²) in [5.41, 5.74) is 0. The highest BCUT2D eigenvalue weighted by Gasteiger charge is 2.44. The lowest BCUT2D eigenvalue weighted by atomic mass is 9.99. The van der Waals surface area contributed by atoms with E-state index in [4.69, 9.17) is 9.47 Å². The molecule has 1 fully saturated rings. The van der Waals surface area contributed by atoms with Gasteiger partial charge in [-0.3, -0.25) is 4.79 Å². The van der Waals surface area contributed by atoms with E-state index in [1.807, 2.05) is 6.08 Å². The summed E-state index contributed by atoms with van der Waals surface area (Å²) in [4.78, 5) is 13.0. The van der Waals surface area contributed by atoms with Crippen molar-refractivity contribution in [2.45, 2.75) is 262 Å². The first-order valence-electron chi connectivity index (χ1n) is 29.3. The summed E-state index contributed by atoms with van der Waals surface area (Å²) in [6.45, 7) is 3.62. The van der Waals surface area contributed by atoms with Crippen molar-refractivity contribution in [1.29, 1.82) is 0 Å². The highest BCUT2D eigenvalue weighted by Crippen LogP contribution is 2.23. The smallest absolute Gasteiger partial charge is 0.220 e. The molecular weight excluding hydrogens is 911 g/mol. The van der Waals surface area contributed by atoms with Crippen LogP contribution in [0.3, 0.4) is 0 Å². The lowest BCUT2D eigenvalue weighted by Gasteiger charge is -2.40. The van der Waals surface area contributed by atoms with Crippen LogP contribution in [0, 0.1) is 0 Å². The third kappa shape index (κ3) is 41.5. The largest absolute Gasteiger partial charge is 0.394 e. The predicted molar refractivity (Wildman–Crippen MR) is 308 cm³/mol. The number of amides is 1. The lowest BCUT2D eigenvalue weighted by Crippen LogP contribution is -2.60. The van der Waals surface area contributed by atoms with E-state index >= 15 is 0 Å². The maximum atomic E-state index is 13.0. The van der Waals surface area contributed by atoms with Crippen LogP contribution in [-0.2, 0) is 14.3 Å². The molecule has 0 radical (unpaired) electrons. The zero-order valence-corrected chi connectivity index (χ0v) is 46.1. The van der Waals surface area contributed by atoms with E-state index in [0.717, 1.165) is 83.5 Å². The first-order valence-corrected chi connectivity index (χ1v) is 29.3. The minimum Gasteiger partial charge on any atom is -0.394 e. The number of unbranched alkanes of at least 4 members (excludes halogenated alkanes) is 20. The van der Waals surface area contributed by atoms with Crippen molar-refractivity contribution in [3.05, 3.63) is 122 Å². The number of rotatable bonds is 48. The van der Waals surface area contributed by atoms with Gasteiger partial charge in [0.05, 0.1) is 25.4 Å². The van der Waals surface area contributed by atoms with Crippen LogP contribution < -0.4 is 5.32 Å². The molecule has 7 unspecified atom stereocenters. The van der Waals surface area contributed by atoms with Gasteiger partial charge >= 0.3 is 0 Å².